The van der Waals surface area contributed by atoms with E-state index in [0.29, 0.717) is 44.3 Å². The van der Waals surface area contributed by atoms with Gasteiger partial charge in [-0.25, -0.2) is 0 Å². The standard InChI is InChI=1S/C28H23Cl2N3O3S/c1-2-35-25-12-17(7-10-24(25)36-16-18-8-9-20(29)13-23(18)30)11-19(14-31)27(34)33-28-22(15-32)21-5-3-4-6-26(21)37-28/h7-13H,2-6,16H2,1H3,(H,33,34). The van der Waals surface area contributed by atoms with Gasteiger partial charge in [-0.1, -0.05) is 35.3 Å². The molecule has 0 atom stereocenters. The number of benzene rings is 2. The first-order valence-electron chi connectivity index (χ1n) is 11.7. The van der Waals surface area contributed by atoms with Crippen LogP contribution in [-0.4, -0.2) is 12.5 Å². The van der Waals surface area contributed by atoms with Crippen LogP contribution in [0.5, 0.6) is 11.5 Å². The molecule has 188 valence electrons. The minimum atomic E-state index is -0.562. The first-order valence-corrected chi connectivity index (χ1v) is 13.3. The molecule has 1 aromatic heterocycles. The van der Waals surface area contributed by atoms with Crippen LogP contribution in [0, 0.1) is 22.7 Å². The second-order valence-corrected chi connectivity index (χ2v) is 10.3. The fourth-order valence-corrected chi connectivity index (χ4v) is 5.75. The van der Waals surface area contributed by atoms with Crippen molar-refractivity contribution in [1.29, 1.82) is 10.5 Å². The molecule has 0 aliphatic heterocycles. The molecule has 1 heterocycles. The summed E-state index contributed by atoms with van der Waals surface area (Å²) in [6.07, 6.45) is 5.33. The Kier molecular flexibility index (Phi) is 8.74. The Morgan fingerprint density at radius 2 is 1.92 bits per heavy atom. The molecule has 4 rings (SSSR count). The zero-order valence-corrected chi connectivity index (χ0v) is 22.4. The van der Waals surface area contributed by atoms with Crippen LogP contribution in [0.25, 0.3) is 6.08 Å². The van der Waals surface area contributed by atoms with Crippen molar-refractivity contribution in [2.75, 3.05) is 11.9 Å². The Morgan fingerprint density at radius 1 is 1.11 bits per heavy atom. The molecule has 0 unspecified atom stereocenters. The van der Waals surface area contributed by atoms with E-state index in [1.807, 2.05) is 13.0 Å². The van der Waals surface area contributed by atoms with Gasteiger partial charge in [-0.3, -0.25) is 4.79 Å². The fourth-order valence-electron chi connectivity index (χ4n) is 4.05. The van der Waals surface area contributed by atoms with Crippen molar-refractivity contribution in [3.8, 4) is 23.6 Å². The van der Waals surface area contributed by atoms with Crippen LogP contribution in [0.3, 0.4) is 0 Å². The molecule has 2 aromatic carbocycles. The molecular formula is C28H23Cl2N3O3S. The summed E-state index contributed by atoms with van der Waals surface area (Å²) in [4.78, 5) is 14.1. The summed E-state index contributed by atoms with van der Waals surface area (Å²) in [7, 11) is 0. The van der Waals surface area contributed by atoms with Gasteiger partial charge in [0.2, 0.25) is 0 Å². The summed E-state index contributed by atoms with van der Waals surface area (Å²) in [6, 6.07) is 14.5. The quantitative estimate of drug-likeness (QED) is 0.233. The van der Waals surface area contributed by atoms with Crippen molar-refractivity contribution in [1.82, 2.24) is 0 Å². The lowest BCUT2D eigenvalue weighted by Crippen LogP contribution is -2.13. The lowest BCUT2D eigenvalue weighted by atomic mass is 9.96. The summed E-state index contributed by atoms with van der Waals surface area (Å²) >= 11 is 13.6. The Balaban J connectivity index is 1.53. The molecule has 6 nitrogen and oxygen atoms in total. The number of nitrogens with one attached hydrogen (secondary N) is 1. The fraction of sp³-hybridized carbons (Fsp3) is 0.250. The van der Waals surface area contributed by atoms with Gasteiger partial charge in [0.1, 0.15) is 29.3 Å². The molecule has 37 heavy (non-hydrogen) atoms. The van der Waals surface area contributed by atoms with Crippen LogP contribution in [0.4, 0.5) is 5.00 Å². The Labute approximate surface area is 229 Å². The van der Waals surface area contributed by atoms with Gasteiger partial charge in [-0.2, -0.15) is 10.5 Å². The summed E-state index contributed by atoms with van der Waals surface area (Å²) in [6.45, 7) is 2.46. The molecule has 0 fully saturated rings. The molecule has 1 N–H and O–H groups in total. The van der Waals surface area contributed by atoms with E-state index >= 15 is 0 Å². The number of hydrogen-bond acceptors (Lipinski definition) is 6. The third-order valence-electron chi connectivity index (χ3n) is 5.85. The monoisotopic (exact) mass is 551 g/mol. The molecule has 0 saturated heterocycles. The largest absolute Gasteiger partial charge is 0.490 e. The van der Waals surface area contributed by atoms with Crippen LogP contribution >= 0.6 is 34.5 Å². The van der Waals surface area contributed by atoms with E-state index in [9.17, 15) is 15.3 Å². The average molecular weight is 552 g/mol. The first-order chi connectivity index (χ1) is 17.9. The number of carbonyl (C=O) groups excluding carboxylic acids is 1. The number of anilines is 1. The predicted octanol–water partition coefficient (Wildman–Crippen LogP) is 7.33. The van der Waals surface area contributed by atoms with Crippen LogP contribution in [-0.2, 0) is 24.2 Å². The molecule has 1 aliphatic rings. The number of halogens is 2. The zero-order chi connectivity index (χ0) is 26.4. The third kappa shape index (κ3) is 6.26. The lowest BCUT2D eigenvalue weighted by molar-refractivity contribution is -0.112. The molecule has 0 radical (unpaired) electrons. The maximum absolute atomic E-state index is 12.9. The van der Waals surface area contributed by atoms with Crippen molar-refractivity contribution < 1.29 is 14.3 Å². The van der Waals surface area contributed by atoms with Crippen LogP contribution in [0.2, 0.25) is 10.0 Å². The van der Waals surface area contributed by atoms with Crippen LogP contribution < -0.4 is 14.8 Å². The van der Waals surface area contributed by atoms with E-state index in [1.54, 1.807) is 36.4 Å². The van der Waals surface area contributed by atoms with Gasteiger partial charge in [0, 0.05) is 20.5 Å². The number of amides is 1. The summed E-state index contributed by atoms with van der Waals surface area (Å²) in [5.41, 5.74) is 2.81. The number of nitrogens with zero attached hydrogens (tertiary/aromatic N) is 2. The van der Waals surface area contributed by atoms with E-state index in [0.717, 1.165) is 41.7 Å². The minimum Gasteiger partial charge on any atom is -0.490 e. The molecule has 0 saturated carbocycles. The SMILES string of the molecule is CCOc1cc(C=C(C#N)C(=O)Nc2sc3c(c2C#N)CCCC3)ccc1OCc1ccc(Cl)cc1Cl. The van der Waals surface area contributed by atoms with Gasteiger partial charge in [-0.05, 0) is 74.1 Å². The highest BCUT2D eigenvalue weighted by molar-refractivity contribution is 7.16. The molecule has 1 amide bonds. The van der Waals surface area contributed by atoms with Crippen molar-refractivity contribution in [3.05, 3.63) is 79.1 Å². The number of hydrogen-bond donors (Lipinski definition) is 1. The lowest BCUT2D eigenvalue weighted by Gasteiger charge is -2.13. The van der Waals surface area contributed by atoms with E-state index in [4.69, 9.17) is 32.7 Å². The smallest absolute Gasteiger partial charge is 0.266 e. The molecule has 0 bridgehead atoms. The van der Waals surface area contributed by atoms with Gasteiger partial charge < -0.3 is 14.8 Å². The van der Waals surface area contributed by atoms with E-state index in [-0.39, 0.29) is 12.2 Å². The normalized spacial score (nSPS) is 12.7. The second kappa shape index (κ2) is 12.2. The molecule has 1 aliphatic carbocycles. The number of rotatable bonds is 8. The van der Waals surface area contributed by atoms with Gasteiger partial charge in [0.15, 0.2) is 11.5 Å². The van der Waals surface area contributed by atoms with Gasteiger partial charge in [0.25, 0.3) is 5.91 Å². The highest BCUT2D eigenvalue weighted by Crippen LogP contribution is 2.38. The summed E-state index contributed by atoms with van der Waals surface area (Å²) in [5.74, 6) is 0.404. The highest BCUT2D eigenvalue weighted by atomic mass is 35.5. The third-order valence-corrected chi connectivity index (χ3v) is 7.65. The number of thiophene rings is 1. The van der Waals surface area contributed by atoms with Crippen LogP contribution in [0.1, 0.15) is 46.9 Å². The Hall–Kier alpha value is -3.49. The van der Waals surface area contributed by atoms with Crippen molar-refractivity contribution in [3.63, 3.8) is 0 Å². The van der Waals surface area contributed by atoms with Crippen molar-refractivity contribution in [2.45, 2.75) is 39.2 Å². The van der Waals surface area contributed by atoms with Gasteiger partial charge in [0.05, 0.1) is 12.2 Å². The van der Waals surface area contributed by atoms with E-state index in [1.165, 1.54) is 17.4 Å². The zero-order valence-electron chi connectivity index (χ0n) is 20.1. The average Bonchev–Trinajstić information content (AvgIpc) is 3.24. The number of nitriles is 2. The maximum atomic E-state index is 12.9. The van der Waals surface area contributed by atoms with Crippen molar-refractivity contribution >= 4 is 51.5 Å². The Morgan fingerprint density at radius 3 is 2.65 bits per heavy atom. The Bertz CT molecular complexity index is 1450. The van der Waals surface area contributed by atoms with E-state index in [2.05, 4.69) is 11.4 Å². The molecule has 0 spiro atoms. The summed E-state index contributed by atoms with van der Waals surface area (Å²) in [5, 5.41) is 23.7. The number of aryl methyl sites for hydroxylation is 1. The topological polar surface area (TPSA) is 95.1 Å². The first kappa shape index (κ1) is 26.6. The number of ether oxygens (including phenoxy) is 2. The van der Waals surface area contributed by atoms with Gasteiger partial charge >= 0.3 is 0 Å². The number of fused-ring (bicyclic) bond motifs is 1. The summed E-state index contributed by atoms with van der Waals surface area (Å²) < 4.78 is 11.7. The van der Waals surface area contributed by atoms with Crippen molar-refractivity contribution in [2.24, 2.45) is 0 Å². The minimum absolute atomic E-state index is 0.0840. The second-order valence-electron chi connectivity index (χ2n) is 8.31. The van der Waals surface area contributed by atoms with Gasteiger partial charge in [-0.15, -0.1) is 11.3 Å². The maximum Gasteiger partial charge on any atom is 0.266 e. The highest BCUT2D eigenvalue weighted by Gasteiger charge is 2.23. The number of carbonyl (C=O) groups is 1. The van der Waals surface area contributed by atoms with E-state index < -0.39 is 5.91 Å². The molecule has 3 aromatic rings. The predicted molar refractivity (Wildman–Crippen MR) is 146 cm³/mol. The molecule has 9 heteroatoms. The van der Waals surface area contributed by atoms with Crippen LogP contribution in [0.15, 0.2) is 42.0 Å². The molecular weight excluding hydrogens is 529 g/mol.